The maximum absolute atomic E-state index is 11.7. The van der Waals surface area contributed by atoms with Gasteiger partial charge in [0.2, 0.25) is 0 Å². The molecule has 3 nitrogen and oxygen atoms in total. The highest BCUT2D eigenvalue weighted by molar-refractivity contribution is 7.14. The van der Waals surface area contributed by atoms with Crippen LogP contribution in [0.15, 0.2) is 6.07 Å². The molecule has 1 amide bonds. The zero-order valence-corrected chi connectivity index (χ0v) is 10.9. The highest BCUT2D eigenvalue weighted by Gasteiger charge is 2.12. The molecule has 0 aliphatic rings. The molecule has 1 aromatic rings. The van der Waals surface area contributed by atoms with E-state index in [4.69, 9.17) is 4.84 Å². The molecule has 1 N–H and O–H groups in total. The molecule has 0 spiro atoms. The van der Waals surface area contributed by atoms with E-state index in [1.54, 1.807) is 11.3 Å². The molecule has 0 aliphatic carbocycles. The number of hydrogen-bond acceptors (Lipinski definition) is 3. The Hall–Kier alpha value is -0.870. The van der Waals surface area contributed by atoms with E-state index in [1.165, 1.54) is 10.4 Å². The van der Waals surface area contributed by atoms with Gasteiger partial charge in [-0.2, -0.15) is 0 Å². The van der Waals surface area contributed by atoms with Crippen molar-refractivity contribution in [3.63, 3.8) is 0 Å². The molecule has 0 saturated heterocycles. The van der Waals surface area contributed by atoms with Crippen LogP contribution in [0.25, 0.3) is 0 Å². The summed E-state index contributed by atoms with van der Waals surface area (Å²) in [5.74, 6) is -0.135. The second-order valence-electron chi connectivity index (χ2n) is 3.53. The van der Waals surface area contributed by atoms with Crippen molar-refractivity contribution in [1.82, 2.24) is 5.48 Å². The number of amides is 1. The Morgan fingerprint density at radius 3 is 2.75 bits per heavy atom. The number of carbonyl (C=O) groups excluding carboxylic acids is 1. The predicted octanol–water partition coefficient (Wildman–Crippen LogP) is 2.94. The number of hydrogen-bond donors (Lipinski definition) is 1. The van der Waals surface area contributed by atoms with Crippen molar-refractivity contribution in [2.24, 2.45) is 0 Å². The van der Waals surface area contributed by atoms with Crippen LogP contribution in [-0.4, -0.2) is 12.5 Å². The van der Waals surface area contributed by atoms with E-state index in [9.17, 15) is 4.79 Å². The minimum Gasteiger partial charge on any atom is -0.274 e. The molecule has 0 aromatic carbocycles. The lowest BCUT2D eigenvalue weighted by Crippen LogP contribution is -2.22. The largest absolute Gasteiger partial charge is 0.284 e. The Morgan fingerprint density at radius 1 is 1.44 bits per heavy atom. The molecular weight excluding hydrogens is 222 g/mol. The summed E-state index contributed by atoms with van der Waals surface area (Å²) in [6.07, 6.45) is 3.14. The van der Waals surface area contributed by atoms with Gasteiger partial charge in [0.05, 0.1) is 11.5 Å². The van der Waals surface area contributed by atoms with Gasteiger partial charge in [-0.05, 0) is 31.4 Å². The molecule has 0 aliphatic heterocycles. The number of aryl methyl sites for hydroxylation is 2. The van der Waals surface area contributed by atoms with Crippen molar-refractivity contribution in [2.75, 3.05) is 6.61 Å². The van der Waals surface area contributed by atoms with E-state index in [0.29, 0.717) is 6.61 Å². The first-order valence-corrected chi connectivity index (χ1v) is 6.58. The van der Waals surface area contributed by atoms with E-state index in [1.807, 2.05) is 13.0 Å². The topological polar surface area (TPSA) is 38.3 Å². The smallest absolute Gasteiger partial charge is 0.274 e. The fourth-order valence-electron chi connectivity index (χ4n) is 1.50. The standard InChI is InChI=1S/C12H19NO2S/c1-4-7-10-9(5-2)8-11(16-10)12(14)13-15-6-3/h8H,4-7H2,1-3H3,(H,13,14). The molecule has 0 radical (unpaired) electrons. The summed E-state index contributed by atoms with van der Waals surface area (Å²) in [6, 6.07) is 1.98. The third-order valence-electron chi connectivity index (χ3n) is 2.29. The van der Waals surface area contributed by atoms with Gasteiger partial charge in [0, 0.05) is 4.88 Å². The van der Waals surface area contributed by atoms with E-state index in [0.717, 1.165) is 24.1 Å². The molecular formula is C12H19NO2S. The fraction of sp³-hybridized carbons (Fsp3) is 0.583. The molecule has 16 heavy (non-hydrogen) atoms. The summed E-state index contributed by atoms with van der Waals surface area (Å²) in [5, 5.41) is 0. The van der Waals surface area contributed by atoms with Crippen LogP contribution in [0.2, 0.25) is 0 Å². The molecule has 1 rings (SSSR count). The zero-order chi connectivity index (χ0) is 12.0. The van der Waals surface area contributed by atoms with Gasteiger partial charge in [-0.1, -0.05) is 20.3 Å². The summed E-state index contributed by atoms with van der Waals surface area (Å²) in [6.45, 7) is 6.60. The molecule has 0 unspecified atom stereocenters. The van der Waals surface area contributed by atoms with E-state index in [2.05, 4.69) is 19.3 Å². The first-order valence-electron chi connectivity index (χ1n) is 5.76. The summed E-state index contributed by atoms with van der Waals surface area (Å²) < 4.78 is 0. The van der Waals surface area contributed by atoms with Crippen LogP contribution in [0.1, 0.15) is 47.3 Å². The molecule has 1 aromatic heterocycles. The Morgan fingerprint density at radius 2 is 2.19 bits per heavy atom. The second-order valence-corrected chi connectivity index (χ2v) is 4.66. The van der Waals surface area contributed by atoms with Crippen LogP contribution < -0.4 is 5.48 Å². The van der Waals surface area contributed by atoms with Gasteiger partial charge in [-0.3, -0.25) is 9.63 Å². The van der Waals surface area contributed by atoms with Gasteiger partial charge in [-0.25, -0.2) is 5.48 Å². The molecule has 0 fully saturated rings. The lowest BCUT2D eigenvalue weighted by atomic mass is 10.1. The van der Waals surface area contributed by atoms with Crippen molar-refractivity contribution in [3.8, 4) is 0 Å². The molecule has 0 bridgehead atoms. The molecule has 4 heteroatoms. The predicted molar refractivity (Wildman–Crippen MR) is 66.8 cm³/mol. The van der Waals surface area contributed by atoms with Crippen LogP contribution in [-0.2, 0) is 17.7 Å². The zero-order valence-electron chi connectivity index (χ0n) is 10.1. The van der Waals surface area contributed by atoms with Crippen molar-refractivity contribution >= 4 is 17.2 Å². The normalized spacial score (nSPS) is 10.4. The number of carbonyl (C=O) groups is 1. The monoisotopic (exact) mass is 241 g/mol. The van der Waals surface area contributed by atoms with Crippen molar-refractivity contribution in [3.05, 3.63) is 21.4 Å². The lowest BCUT2D eigenvalue weighted by Gasteiger charge is -2.00. The summed E-state index contributed by atoms with van der Waals surface area (Å²) >= 11 is 1.58. The first-order chi connectivity index (χ1) is 7.72. The number of rotatable bonds is 6. The third kappa shape index (κ3) is 3.32. The Bertz CT molecular complexity index is 347. The van der Waals surface area contributed by atoms with Gasteiger partial charge in [-0.15, -0.1) is 11.3 Å². The third-order valence-corrected chi connectivity index (χ3v) is 3.52. The second kappa shape index (κ2) is 6.66. The van der Waals surface area contributed by atoms with Crippen LogP contribution in [0.3, 0.4) is 0 Å². The highest BCUT2D eigenvalue weighted by Crippen LogP contribution is 2.24. The van der Waals surface area contributed by atoms with E-state index in [-0.39, 0.29) is 5.91 Å². The average Bonchev–Trinajstić information content (AvgIpc) is 2.69. The highest BCUT2D eigenvalue weighted by atomic mass is 32.1. The Labute approximate surface area is 101 Å². The SMILES string of the molecule is CCCc1sc(C(=O)NOCC)cc1CC. The van der Waals surface area contributed by atoms with Crippen LogP contribution in [0.4, 0.5) is 0 Å². The summed E-state index contributed by atoms with van der Waals surface area (Å²) in [4.78, 5) is 18.6. The average molecular weight is 241 g/mol. The van der Waals surface area contributed by atoms with Crippen molar-refractivity contribution in [2.45, 2.75) is 40.0 Å². The van der Waals surface area contributed by atoms with Crippen LogP contribution >= 0.6 is 11.3 Å². The van der Waals surface area contributed by atoms with Crippen molar-refractivity contribution in [1.29, 1.82) is 0 Å². The summed E-state index contributed by atoms with van der Waals surface area (Å²) in [7, 11) is 0. The Kier molecular flexibility index (Phi) is 5.49. The van der Waals surface area contributed by atoms with Crippen LogP contribution in [0.5, 0.6) is 0 Å². The number of hydroxylamine groups is 1. The first kappa shape index (κ1) is 13.2. The molecule has 1 heterocycles. The molecule has 0 atom stereocenters. The Balaban J connectivity index is 2.77. The van der Waals surface area contributed by atoms with Gasteiger partial charge in [0.15, 0.2) is 0 Å². The van der Waals surface area contributed by atoms with E-state index < -0.39 is 0 Å². The van der Waals surface area contributed by atoms with Crippen molar-refractivity contribution < 1.29 is 9.63 Å². The maximum Gasteiger partial charge on any atom is 0.284 e. The van der Waals surface area contributed by atoms with Gasteiger partial charge >= 0.3 is 0 Å². The molecule has 90 valence electrons. The van der Waals surface area contributed by atoms with Gasteiger partial charge < -0.3 is 0 Å². The number of thiophene rings is 1. The lowest BCUT2D eigenvalue weighted by molar-refractivity contribution is 0.0368. The van der Waals surface area contributed by atoms with Gasteiger partial charge in [0.1, 0.15) is 0 Å². The molecule has 0 saturated carbocycles. The quantitative estimate of drug-likeness (QED) is 0.778. The minimum atomic E-state index is -0.135. The van der Waals surface area contributed by atoms with Crippen LogP contribution in [0, 0.1) is 0 Å². The minimum absolute atomic E-state index is 0.135. The summed E-state index contributed by atoms with van der Waals surface area (Å²) in [5.41, 5.74) is 3.71. The maximum atomic E-state index is 11.7. The fourth-order valence-corrected chi connectivity index (χ4v) is 2.75. The van der Waals surface area contributed by atoms with Gasteiger partial charge in [0.25, 0.3) is 5.91 Å². The number of nitrogens with one attached hydrogen (secondary N) is 1. The van der Waals surface area contributed by atoms with E-state index >= 15 is 0 Å².